The van der Waals surface area contributed by atoms with Crippen molar-refractivity contribution in [3.8, 4) is 0 Å². The molecule has 0 radical (unpaired) electrons. The van der Waals surface area contributed by atoms with Crippen molar-refractivity contribution in [2.24, 2.45) is 5.92 Å². The Kier molecular flexibility index (Phi) is 5.93. The molecule has 6 heteroatoms. The predicted molar refractivity (Wildman–Crippen MR) is 67.6 cm³/mol. The molecule has 0 aromatic carbocycles. The number of aliphatic carboxylic acids is 1. The average molecular weight is 258 g/mol. The second-order valence-electron chi connectivity index (χ2n) is 3.98. The molecule has 0 amide bonds. The molecule has 2 N–H and O–H groups in total. The summed E-state index contributed by atoms with van der Waals surface area (Å²) in [5.41, 5.74) is 0.833. The summed E-state index contributed by atoms with van der Waals surface area (Å²) in [6, 6.07) is 0. The molecule has 0 aliphatic rings. The highest BCUT2D eigenvalue weighted by atomic mass is 32.1. The lowest BCUT2D eigenvalue weighted by Gasteiger charge is -2.09. The first-order chi connectivity index (χ1) is 8.11. The van der Waals surface area contributed by atoms with Crippen LogP contribution in [0.3, 0.4) is 0 Å². The van der Waals surface area contributed by atoms with E-state index in [1.165, 1.54) is 11.3 Å². The number of carboxylic acids is 1. The fraction of sp³-hybridized carbons (Fsp3) is 0.636. The minimum Gasteiger partial charge on any atom is -0.481 e. The number of anilines is 1. The van der Waals surface area contributed by atoms with E-state index in [0.29, 0.717) is 18.9 Å². The Morgan fingerprint density at radius 1 is 1.71 bits per heavy atom. The zero-order valence-electron chi connectivity index (χ0n) is 10.1. The minimum absolute atomic E-state index is 0.128. The largest absolute Gasteiger partial charge is 0.481 e. The van der Waals surface area contributed by atoms with Crippen molar-refractivity contribution in [2.75, 3.05) is 25.6 Å². The molecule has 1 rings (SSSR count). The van der Waals surface area contributed by atoms with Gasteiger partial charge in [0, 0.05) is 25.5 Å². The van der Waals surface area contributed by atoms with Crippen LogP contribution in [0, 0.1) is 5.92 Å². The number of carbonyl (C=O) groups is 1. The van der Waals surface area contributed by atoms with Crippen molar-refractivity contribution in [3.63, 3.8) is 0 Å². The van der Waals surface area contributed by atoms with Gasteiger partial charge in [0.05, 0.1) is 18.7 Å². The standard InChI is InChI=1S/C11H18N2O3S/c1-8(6-16-2)5-12-11-13-9(7-17-11)3-4-10(14)15/h7-8H,3-6H2,1-2H3,(H,12,13)(H,14,15). The van der Waals surface area contributed by atoms with E-state index in [2.05, 4.69) is 17.2 Å². The molecule has 1 atom stereocenters. The first-order valence-corrected chi connectivity index (χ1v) is 6.38. The summed E-state index contributed by atoms with van der Waals surface area (Å²) in [5.74, 6) is -0.368. The number of methoxy groups -OCH3 is 1. The fourth-order valence-electron chi connectivity index (χ4n) is 1.34. The first kappa shape index (κ1) is 13.9. The van der Waals surface area contributed by atoms with E-state index in [0.717, 1.165) is 17.4 Å². The molecule has 0 aliphatic carbocycles. The summed E-state index contributed by atoms with van der Waals surface area (Å²) in [6.45, 7) is 3.61. The van der Waals surface area contributed by atoms with Crippen molar-refractivity contribution >= 4 is 22.4 Å². The number of carboxylic acid groups (broad SMARTS) is 1. The highest BCUT2D eigenvalue weighted by molar-refractivity contribution is 7.13. The maximum absolute atomic E-state index is 10.4. The van der Waals surface area contributed by atoms with Crippen LogP contribution in [0.4, 0.5) is 5.13 Å². The van der Waals surface area contributed by atoms with Crippen LogP contribution in [0.25, 0.3) is 0 Å². The van der Waals surface area contributed by atoms with E-state index in [-0.39, 0.29) is 6.42 Å². The highest BCUT2D eigenvalue weighted by Gasteiger charge is 2.06. The zero-order chi connectivity index (χ0) is 12.7. The average Bonchev–Trinajstić information content (AvgIpc) is 2.72. The number of ether oxygens (including phenoxy) is 1. The van der Waals surface area contributed by atoms with Gasteiger partial charge in [-0.15, -0.1) is 11.3 Å². The number of hydrogen-bond donors (Lipinski definition) is 2. The molecule has 0 saturated carbocycles. The van der Waals surface area contributed by atoms with Gasteiger partial charge in [0.15, 0.2) is 5.13 Å². The van der Waals surface area contributed by atoms with E-state index >= 15 is 0 Å². The number of aryl methyl sites for hydroxylation is 1. The second kappa shape index (κ2) is 7.24. The molecule has 0 saturated heterocycles. The maximum Gasteiger partial charge on any atom is 0.303 e. The van der Waals surface area contributed by atoms with Gasteiger partial charge in [-0.2, -0.15) is 0 Å². The molecule has 0 bridgehead atoms. The van der Waals surface area contributed by atoms with Crippen molar-refractivity contribution in [1.29, 1.82) is 0 Å². The van der Waals surface area contributed by atoms with Crippen LogP contribution in [-0.2, 0) is 16.0 Å². The van der Waals surface area contributed by atoms with Crippen molar-refractivity contribution < 1.29 is 14.6 Å². The third-order valence-electron chi connectivity index (χ3n) is 2.20. The number of thiazole rings is 1. The van der Waals surface area contributed by atoms with Gasteiger partial charge in [-0.3, -0.25) is 4.79 Å². The first-order valence-electron chi connectivity index (χ1n) is 5.50. The van der Waals surface area contributed by atoms with Crippen LogP contribution < -0.4 is 5.32 Å². The number of nitrogens with one attached hydrogen (secondary N) is 1. The van der Waals surface area contributed by atoms with Gasteiger partial charge in [-0.1, -0.05) is 6.92 Å². The number of nitrogens with zero attached hydrogens (tertiary/aromatic N) is 1. The molecule has 1 aromatic heterocycles. The third-order valence-corrected chi connectivity index (χ3v) is 3.05. The molecular formula is C11H18N2O3S. The molecule has 1 heterocycles. The molecular weight excluding hydrogens is 240 g/mol. The topological polar surface area (TPSA) is 71.5 Å². The normalized spacial score (nSPS) is 12.4. The van der Waals surface area contributed by atoms with Gasteiger partial charge < -0.3 is 15.2 Å². The third kappa shape index (κ3) is 5.65. The molecule has 96 valence electrons. The Morgan fingerprint density at radius 2 is 2.47 bits per heavy atom. The molecule has 1 unspecified atom stereocenters. The summed E-state index contributed by atoms with van der Waals surface area (Å²) < 4.78 is 5.04. The van der Waals surface area contributed by atoms with Crippen LogP contribution >= 0.6 is 11.3 Å². The van der Waals surface area contributed by atoms with E-state index in [9.17, 15) is 4.79 Å². The second-order valence-corrected chi connectivity index (χ2v) is 4.84. The van der Waals surface area contributed by atoms with Gasteiger partial charge in [-0.05, 0) is 5.92 Å². The van der Waals surface area contributed by atoms with Crippen LogP contribution in [-0.4, -0.2) is 36.3 Å². The molecule has 5 nitrogen and oxygen atoms in total. The quantitative estimate of drug-likeness (QED) is 0.744. The van der Waals surface area contributed by atoms with Gasteiger partial charge in [0.2, 0.25) is 0 Å². The lowest BCUT2D eigenvalue weighted by molar-refractivity contribution is -0.136. The molecule has 1 aromatic rings. The Hall–Kier alpha value is -1.14. The van der Waals surface area contributed by atoms with Crippen LogP contribution in [0.2, 0.25) is 0 Å². The maximum atomic E-state index is 10.4. The molecule has 0 spiro atoms. The van der Waals surface area contributed by atoms with Crippen molar-refractivity contribution in [2.45, 2.75) is 19.8 Å². The van der Waals surface area contributed by atoms with E-state index < -0.39 is 5.97 Å². The summed E-state index contributed by atoms with van der Waals surface area (Å²) in [6.07, 6.45) is 0.615. The molecule has 17 heavy (non-hydrogen) atoms. The lowest BCUT2D eigenvalue weighted by Crippen LogP contribution is -2.15. The van der Waals surface area contributed by atoms with Crippen LogP contribution in [0.15, 0.2) is 5.38 Å². The number of aromatic nitrogens is 1. The zero-order valence-corrected chi connectivity index (χ0v) is 10.9. The summed E-state index contributed by atoms with van der Waals surface area (Å²) in [5, 5.41) is 14.5. The Labute approximate surface area is 105 Å². The monoisotopic (exact) mass is 258 g/mol. The van der Waals surface area contributed by atoms with Crippen molar-refractivity contribution in [1.82, 2.24) is 4.98 Å². The number of hydrogen-bond acceptors (Lipinski definition) is 5. The summed E-state index contributed by atoms with van der Waals surface area (Å²) in [4.78, 5) is 14.7. The Balaban J connectivity index is 2.32. The molecule has 0 fully saturated rings. The lowest BCUT2D eigenvalue weighted by atomic mass is 10.2. The number of rotatable bonds is 8. The summed E-state index contributed by atoms with van der Waals surface area (Å²) in [7, 11) is 1.68. The minimum atomic E-state index is -0.791. The Morgan fingerprint density at radius 3 is 3.12 bits per heavy atom. The van der Waals surface area contributed by atoms with Crippen molar-refractivity contribution in [3.05, 3.63) is 11.1 Å². The predicted octanol–water partition coefficient (Wildman–Crippen LogP) is 1.85. The van der Waals surface area contributed by atoms with Gasteiger partial charge >= 0.3 is 5.97 Å². The van der Waals surface area contributed by atoms with Crippen LogP contribution in [0.5, 0.6) is 0 Å². The van der Waals surface area contributed by atoms with Gasteiger partial charge in [0.1, 0.15) is 0 Å². The fourth-order valence-corrected chi connectivity index (χ4v) is 2.10. The van der Waals surface area contributed by atoms with E-state index in [4.69, 9.17) is 9.84 Å². The highest BCUT2D eigenvalue weighted by Crippen LogP contribution is 2.16. The van der Waals surface area contributed by atoms with Crippen LogP contribution in [0.1, 0.15) is 19.0 Å². The Bertz CT molecular complexity index is 354. The SMILES string of the molecule is COCC(C)CNc1nc(CCC(=O)O)cs1. The smallest absolute Gasteiger partial charge is 0.303 e. The van der Waals surface area contributed by atoms with Gasteiger partial charge in [0.25, 0.3) is 0 Å². The van der Waals surface area contributed by atoms with E-state index in [1.54, 1.807) is 7.11 Å². The molecule has 0 aliphatic heterocycles. The summed E-state index contributed by atoms with van der Waals surface area (Å²) >= 11 is 1.51. The van der Waals surface area contributed by atoms with Gasteiger partial charge in [-0.25, -0.2) is 4.98 Å². The van der Waals surface area contributed by atoms with E-state index in [1.807, 2.05) is 5.38 Å².